The SMILES string of the molecule is CCCNC(=O)CNC(=O)Cc1csc(-c2ccccc2Cl)n1. The summed E-state index contributed by atoms with van der Waals surface area (Å²) in [6.07, 6.45) is 1.01. The van der Waals surface area contributed by atoms with E-state index in [-0.39, 0.29) is 24.8 Å². The molecule has 0 saturated carbocycles. The number of halogens is 1. The first-order valence-corrected chi connectivity index (χ1v) is 8.58. The fourth-order valence-electron chi connectivity index (χ4n) is 1.88. The molecule has 2 N–H and O–H groups in total. The minimum Gasteiger partial charge on any atom is -0.355 e. The van der Waals surface area contributed by atoms with E-state index < -0.39 is 0 Å². The van der Waals surface area contributed by atoms with Crippen molar-refractivity contribution in [2.75, 3.05) is 13.1 Å². The van der Waals surface area contributed by atoms with E-state index in [9.17, 15) is 9.59 Å². The second kappa shape index (κ2) is 8.64. The van der Waals surface area contributed by atoms with Crippen LogP contribution in [-0.4, -0.2) is 29.9 Å². The van der Waals surface area contributed by atoms with Crippen LogP contribution in [0.5, 0.6) is 0 Å². The Hall–Kier alpha value is -1.92. The molecule has 1 heterocycles. The number of hydrogen-bond donors (Lipinski definition) is 2. The molecule has 122 valence electrons. The molecular formula is C16H18ClN3O2S. The highest BCUT2D eigenvalue weighted by molar-refractivity contribution is 7.13. The highest BCUT2D eigenvalue weighted by Crippen LogP contribution is 2.30. The number of thiazole rings is 1. The molecule has 0 atom stereocenters. The lowest BCUT2D eigenvalue weighted by Crippen LogP contribution is -2.37. The van der Waals surface area contributed by atoms with Gasteiger partial charge >= 0.3 is 0 Å². The lowest BCUT2D eigenvalue weighted by atomic mass is 10.2. The third kappa shape index (κ3) is 5.33. The van der Waals surface area contributed by atoms with Crippen LogP contribution in [0.3, 0.4) is 0 Å². The van der Waals surface area contributed by atoms with E-state index in [0.29, 0.717) is 17.3 Å². The zero-order valence-corrected chi connectivity index (χ0v) is 14.3. The molecule has 0 aliphatic heterocycles. The molecule has 2 aromatic rings. The van der Waals surface area contributed by atoms with Crippen molar-refractivity contribution in [3.05, 3.63) is 40.4 Å². The summed E-state index contributed by atoms with van der Waals surface area (Å²) < 4.78 is 0. The van der Waals surface area contributed by atoms with Crippen molar-refractivity contribution in [2.24, 2.45) is 0 Å². The molecule has 23 heavy (non-hydrogen) atoms. The van der Waals surface area contributed by atoms with Gasteiger partial charge in [-0.05, 0) is 12.5 Å². The van der Waals surface area contributed by atoms with E-state index in [0.717, 1.165) is 17.0 Å². The lowest BCUT2D eigenvalue weighted by molar-refractivity contribution is -0.125. The van der Waals surface area contributed by atoms with Crippen LogP contribution < -0.4 is 10.6 Å². The van der Waals surface area contributed by atoms with Gasteiger partial charge in [0.1, 0.15) is 5.01 Å². The number of hydrogen-bond acceptors (Lipinski definition) is 4. The average molecular weight is 352 g/mol. The number of amides is 2. The number of benzene rings is 1. The van der Waals surface area contributed by atoms with Gasteiger partial charge < -0.3 is 10.6 Å². The molecule has 0 spiro atoms. The highest BCUT2D eigenvalue weighted by atomic mass is 35.5. The maximum atomic E-state index is 11.9. The van der Waals surface area contributed by atoms with Crippen LogP contribution in [0.4, 0.5) is 0 Å². The first kappa shape index (κ1) is 17.4. The Bertz CT molecular complexity index is 687. The molecule has 7 heteroatoms. The molecule has 1 aromatic heterocycles. The van der Waals surface area contributed by atoms with Crippen molar-refractivity contribution in [1.29, 1.82) is 0 Å². The third-order valence-corrected chi connectivity index (χ3v) is 4.27. The maximum absolute atomic E-state index is 11.9. The predicted molar refractivity (Wildman–Crippen MR) is 92.6 cm³/mol. The minimum atomic E-state index is -0.229. The van der Waals surface area contributed by atoms with Crippen LogP contribution in [0.1, 0.15) is 19.0 Å². The van der Waals surface area contributed by atoms with Gasteiger partial charge in [-0.3, -0.25) is 9.59 Å². The van der Waals surface area contributed by atoms with E-state index >= 15 is 0 Å². The fraction of sp³-hybridized carbons (Fsp3) is 0.312. The summed E-state index contributed by atoms with van der Waals surface area (Å²) >= 11 is 7.58. The van der Waals surface area contributed by atoms with Gasteiger partial charge in [0.25, 0.3) is 0 Å². The summed E-state index contributed by atoms with van der Waals surface area (Å²) in [7, 11) is 0. The Kier molecular flexibility index (Phi) is 6.55. The van der Waals surface area contributed by atoms with Gasteiger partial charge in [0, 0.05) is 17.5 Å². The molecule has 2 rings (SSSR count). The van der Waals surface area contributed by atoms with E-state index in [1.165, 1.54) is 11.3 Å². The highest BCUT2D eigenvalue weighted by Gasteiger charge is 2.11. The molecule has 0 fully saturated rings. The molecule has 0 radical (unpaired) electrons. The molecule has 1 aromatic carbocycles. The van der Waals surface area contributed by atoms with E-state index in [1.54, 1.807) is 6.07 Å². The average Bonchev–Trinajstić information content (AvgIpc) is 2.99. The first-order chi connectivity index (χ1) is 11.1. The van der Waals surface area contributed by atoms with Crippen LogP contribution in [0, 0.1) is 0 Å². The standard InChI is InChI=1S/C16H18ClN3O2S/c1-2-7-18-15(22)9-19-14(21)8-11-10-23-16(20-11)12-5-3-4-6-13(12)17/h3-6,10H,2,7-9H2,1H3,(H,18,22)(H,19,21). The first-order valence-electron chi connectivity index (χ1n) is 7.33. The second-order valence-electron chi connectivity index (χ2n) is 4.93. The summed E-state index contributed by atoms with van der Waals surface area (Å²) in [6, 6.07) is 7.45. The summed E-state index contributed by atoms with van der Waals surface area (Å²) in [5, 5.41) is 8.53. The van der Waals surface area contributed by atoms with E-state index in [2.05, 4.69) is 15.6 Å². The predicted octanol–water partition coefficient (Wildman–Crippen LogP) is 2.65. The summed E-state index contributed by atoms with van der Waals surface area (Å²) in [5.41, 5.74) is 1.51. The normalized spacial score (nSPS) is 10.3. The zero-order valence-electron chi connectivity index (χ0n) is 12.8. The van der Waals surface area contributed by atoms with Crippen LogP contribution in [0.25, 0.3) is 10.6 Å². The topological polar surface area (TPSA) is 71.1 Å². The van der Waals surface area contributed by atoms with Gasteiger partial charge in [-0.25, -0.2) is 4.98 Å². The number of nitrogens with zero attached hydrogens (tertiary/aromatic N) is 1. The van der Waals surface area contributed by atoms with Crippen molar-refractivity contribution in [3.8, 4) is 10.6 Å². The molecule has 0 aliphatic carbocycles. The third-order valence-electron chi connectivity index (χ3n) is 3.02. The Balaban J connectivity index is 1.88. The monoisotopic (exact) mass is 351 g/mol. The smallest absolute Gasteiger partial charge is 0.239 e. The number of nitrogens with one attached hydrogen (secondary N) is 2. The number of rotatable bonds is 7. The van der Waals surface area contributed by atoms with Gasteiger partial charge in [-0.2, -0.15) is 0 Å². The summed E-state index contributed by atoms with van der Waals surface area (Å²) in [5.74, 6) is -0.414. The Morgan fingerprint density at radius 1 is 1.22 bits per heavy atom. The van der Waals surface area contributed by atoms with Gasteiger partial charge in [0.15, 0.2) is 0 Å². The lowest BCUT2D eigenvalue weighted by Gasteiger charge is -2.05. The van der Waals surface area contributed by atoms with E-state index in [4.69, 9.17) is 11.6 Å². The maximum Gasteiger partial charge on any atom is 0.239 e. The van der Waals surface area contributed by atoms with Crippen molar-refractivity contribution in [3.63, 3.8) is 0 Å². The van der Waals surface area contributed by atoms with Crippen LogP contribution >= 0.6 is 22.9 Å². The molecule has 0 unspecified atom stereocenters. The molecule has 5 nitrogen and oxygen atoms in total. The van der Waals surface area contributed by atoms with Crippen LogP contribution in [-0.2, 0) is 16.0 Å². The molecule has 0 aliphatic rings. The minimum absolute atomic E-state index is 0.0136. The zero-order chi connectivity index (χ0) is 16.7. The molecule has 0 saturated heterocycles. The fourth-order valence-corrected chi connectivity index (χ4v) is 3.02. The van der Waals surface area contributed by atoms with Gasteiger partial charge in [-0.15, -0.1) is 11.3 Å². The van der Waals surface area contributed by atoms with Gasteiger partial charge in [0.05, 0.1) is 23.7 Å². The Morgan fingerprint density at radius 2 is 2.00 bits per heavy atom. The number of carbonyl (C=O) groups excluding carboxylic acids is 2. The summed E-state index contributed by atoms with van der Waals surface area (Å²) in [6.45, 7) is 2.57. The number of carbonyl (C=O) groups is 2. The van der Waals surface area contributed by atoms with Crippen molar-refractivity contribution >= 4 is 34.8 Å². The van der Waals surface area contributed by atoms with Crippen molar-refractivity contribution < 1.29 is 9.59 Å². The Labute approximate surface area is 144 Å². The quantitative estimate of drug-likeness (QED) is 0.805. The van der Waals surface area contributed by atoms with E-state index in [1.807, 2.05) is 30.5 Å². The molecular weight excluding hydrogens is 334 g/mol. The van der Waals surface area contributed by atoms with Gasteiger partial charge in [-0.1, -0.05) is 36.7 Å². The van der Waals surface area contributed by atoms with Crippen LogP contribution in [0.15, 0.2) is 29.6 Å². The van der Waals surface area contributed by atoms with Crippen molar-refractivity contribution in [2.45, 2.75) is 19.8 Å². The molecule has 2 amide bonds. The number of aromatic nitrogens is 1. The Morgan fingerprint density at radius 3 is 2.74 bits per heavy atom. The summed E-state index contributed by atoms with van der Waals surface area (Å²) in [4.78, 5) is 27.7. The van der Waals surface area contributed by atoms with Crippen LogP contribution in [0.2, 0.25) is 5.02 Å². The van der Waals surface area contributed by atoms with Gasteiger partial charge in [0.2, 0.25) is 11.8 Å². The largest absolute Gasteiger partial charge is 0.355 e. The van der Waals surface area contributed by atoms with Crippen molar-refractivity contribution in [1.82, 2.24) is 15.6 Å². The second-order valence-corrected chi connectivity index (χ2v) is 6.19. The molecule has 0 bridgehead atoms.